The molecule has 0 saturated carbocycles. The Hall–Kier alpha value is -0.221. The van der Waals surface area contributed by atoms with E-state index in [2.05, 4.69) is 10.6 Å². The van der Waals surface area contributed by atoms with E-state index in [1.54, 1.807) is 6.92 Å². The molecule has 1 atom stereocenters. The van der Waals surface area contributed by atoms with Crippen molar-refractivity contribution >= 4 is 5.97 Å². The molecule has 0 aliphatic heterocycles. The quantitative estimate of drug-likeness (QED) is 0.417. The first-order valence-electron chi connectivity index (χ1n) is 2.57. The molecule has 0 aliphatic carbocycles. The molecular weight excluding hydrogens is 312 g/mol. The first kappa shape index (κ1) is 9.78. The van der Waals surface area contributed by atoms with Gasteiger partial charge in [0, 0.05) is 0 Å². The van der Waals surface area contributed by atoms with Crippen molar-refractivity contribution in [2.45, 2.75) is 13.2 Å². The van der Waals surface area contributed by atoms with Gasteiger partial charge in [-0.2, -0.15) is 0 Å². The third-order valence-electron chi connectivity index (χ3n) is 0.651. The fourth-order valence-electron chi connectivity index (χ4n) is 0.320. The standard InChI is InChI=1S/C5H8NO2.Ir.H2N/c1-3-5(7)8-4(2)6;;/h3-4,6H,1H2,2H3;;1H2/q-1;+2;-1. The normalized spacial score (nSPS) is 12.6. The molecule has 0 aromatic heterocycles. The number of ether oxygens (including phenoxy) is 1. The zero-order valence-corrected chi connectivity index (χ0v) is 7.98. The molecule has 5 heteroatoms. The van der Waals surface area contributed by atoms with Crippen LogP contribution in [-0.2, 0) is 27.7 Å². The van der Waals surface area contributed by atoms with E-state index in [4.69, 9.17) is 9.14 Å². The van der Waals surface area contributed by atoms with Crippen LogP contribution < -0.4 is 8.39 Å². The predicted molar refractivity (Wildman–Crippen MR) is 33.1 cm³/mol. The molecule has 0 aromatic rings. The van der Waals surface area contributed by atoms with Gasteiger partial charge in [-0.25, -0.2) is 0 Å². The maximum atomic E-state index is 10.5. The second-order valence-electron chi connectivity index (χ2n) is 1.48. The van der Waals surface area contributed by atoms with E-state index in [1.165, 1.54) is 0 Å². The van der Waals surface area contributed by atoms with E-state index in [9.17, 15) is 4.79 Å². The average molecular weight is 322 g/mol. The van der Waals surface area contributed by atoms with E-state index < -0.39 is 24.1 Å². The van der Waals surface area contributed by atoms with E-state index in [-0.39, 0.29) is 6.23 Å². The molecular formula is C5H10IrN2O2. The number of esters is 1. The predicted octanol–water partition coefficient (Wildman–Crippen LogP) is -0.478. The van der Waals surface area contributed by atoms with Crippen molar-refractivity contribution in [3.63, 3.8) is 0 Å². The van der Waals surface area contributed by atoms with Gasteiger partial charge in [-0.3, -0.25) is 0 Å². The molecule has 1 unspecified atom stereocenters. The first-order valence-corrected chi connectivity index (χ1v) is 5.15. The van der Waals surface area contributed by atoms with E-state index in [1.807, 2.05) is 0 Å². The summed E-state index contributed by atoms with van der Waals surface area (Å²) in [6.45, 7) is 4.97. The van der Waals surface area contributed by atoms with Crippen molar-refractivity contribution in [1.82, 2.24) is 3.99 Å². The van der Waals surface area contributed by atoms with Crippen LogP contribution in [-0.4, -0.2) is 12.2 Å². The Morgan fingerprint density at radius 2 is 2.60 bits per heavy atom. The van der Waals surface area contributed by atoms with Gasteiger partial charge in [0.15, 0.2) is 0 Å². The first-order chi connectivity index (χ1) is 4.70. The average Bonchev–Trinajstić information content (AvgIpc) is 1.88. The summed E-state index contributed by atoms with van der Waals surface area (Å²) in [5, 5.41) is 0. The molecule has 61 valence electrons. The molecule has 0 aromatic carbocycles. The Balaban J connectivity index is 3.46. The molecule has 3 N–H and O–H groups in total. The van der Waals surface area contributed by atoms with Gasteiger partial charge in [0.05, 0.1) is 0 Å². The molecule has 10 heavy (non-hydrogen) atoms. The van der Waals surface area contributed by atoms with Crippen LogP contribution in [0.4, 0.5) is 0 Å². The summed E-state index contributed by atoms with van der Waals surface area (Å²) in [5.41, 5.74) is 0. The van der Waals surface area contributed by atoms with Crippen LogP contribution in [0.2, 0.25) is 0 Å². The summed E-state index contributed by atoms with van der Waals surface area (Å²) < 4.78 is 12.8. The van der Waals surface area contributed by atoms with Gasteiger partial charge < -0.3 is 0 Å². The molecule has 0 saturated heterocycles. The molecule has 0 amide bonds. The molecule has 0 bridgehead atoms. The summed E-state index contributed by atoms with van der Waals surface area (Å²) in [5.74, 6) is -0.431. The van der Waals surface area contributed by atoms with Crippen LogP contribution in [0.5, 0.6) is 0 Å². The number of nitrogens with two attached hydrogens (primary N) is 1. The van der Waals surface area contributed by atoms with Gasteiger partial charge >= 0.3 is 67.9 Å². The minimum atomic E-state index is -0.643. The minimum absolute atomic E-state index is 0.296. The Labute approximate surface area is 68.3 Å². The summed E-state index contributed by atoms with van der Waals surface area (Å²) in [6, 6.07) is 0. The van der Waals surface area contributed by atoms with Gasteiger partial charge in [0.2, 0.25) is 0 Å². The molecule has 0 aliphatic rings. The second-order valence-corrected chi connectivity index (χ2v) is 2.86. The van der Waals surface area contributed by atoms with Gasteiger partial charge in [0.1, 0.15) is 0 Å². The van der Waals surface area contributed by atoms with E-state index >= 15 is 0 Å². The van der Waals surface area contributed by atoms with Crippen molar-refractivity contribution in [1.29, 1.82) is 0 Å². The Morgan fingerprint density at radius 3 is 3.00 bits per heavy atom. The van der Waals surface area contributed by atoms with Crippen molar-refractivity contribution < 1.29 is 27.7 Å². The molecule has 0 heterocycles. The van der Waals surface area contributed by atoms with Gasteiger partial charge in [0.25, 0.3) is 0 Å². The van der Waals surface area contributed by atoms with Crippen LogP contribution >= 0.6 is 0 Å². The van der Waals surface area contributed by atoms with Crippen molar-refractivity contribution in [3.05, 3.63) is 12.7 Å². The van der Waals surface area contributed by atoms with Crippen molar-refractivity contribution in [3.8, 4) is 0 Å². The van der Waals surface area contributed by atoms with E-state index in [0.29, 0.717) is 0 Å². The number of hydrogen-bond acceptors (Lipinski definition) is 4. The van der Waals surface area contributed by atoms with Crippen LogP contribution in [0.3, 0.4) is 0 Å². The third kappa shape index (κ3) is 4.64. The zero-order chi connectivity index (χ0) is 7.98. The fourth-order valence-corrected chi connectivity index (χ4v) is 1.02. The monoisotopic (exact) mass is 323 g/mol. The number of nitrogens with one attached hydrogen (secondary N) is 1. The topological polar surface area (TPSA) is 64.3 Å². The Bertz CT molecular complexity index is 129. The Kier molecular flexibility index (Phi) is 5.43. The van der Waals surface area contributed by atoms with Crippen LogP contribution in [0.15, 0.2) is 12.7 Å². The zero-order valence-electron chi connectivity index (χ0n) is 5.59. The fraction of sp³-hybridized carbons (Fsp3) is 0.400. The van der Waals surface area contributed by atoms with Crippen LogP contribution in [0.1, 0.15) is 6.92 Å². The SMILES string of the molecule is C=CC(=O)OC(C)[NH][Ir][NH2]. The van der Waals surface area contributed by atoms with Crippen LogP contribution in [0.25, 0.3) is 0 Å². The molecule has 4 nitrogen and oxygen atoms in total. The van der Waals surface area contributed by atoms with Crippen molar-refractivity contribution in [2.75, 3.05) is 0 Å². The molecule has 0 fully saturated rings. The number of hydrogen-bond donors (Lipinski definition) is 2. The van der Waals surface area contributed by atoms with E-state index in [0.717, 1.165) is 6.08 Å². The Morgan fingerprint density at radius 1 is 2.00 bits per heavy atom. The van der Waals surface area contributed by atoms with Gasteiger partial charge in [-0.15, -0.1) is 0 Å². The number of rotatable bonds is 4. The van der Waals surface area contributed by atoms with Crippen molar-refractivity contribution in [2.24, 2.45) is 4.40 Å². The second kappa shape index (κ2) is 5.56. The number of carbonyl (C=O) groups is 1. The van der Waals surface area contributed by atoms with Gasteiger partial charge in [-0.1, -0.05) is 0 Å². The number of carbonyl (C=O) groups excluding carboxylic acids is 1. The summed E-state index contributed by atoms with van der Waals surface area (Å²) >= 11 is -0.643. The van der Waals surface area contributed by atoms with Gasteiger partial charge in [-0.05, 0) is 0 Å². The molecule has 0 radical (unpaired) electrons. The summed E-state index contributed by atoms with van der Waals surface area (Å²) in [7, 11) is 0. The molecule has 0 spiro atoms. The summed E-state index contributed by atoms with van der Waals surface area (Å²) in [6.07, 6.45) is 0.824. The third-order valence-corrected chi connectivity index (χ3v) is 2.02. The summed E-state index contributed by atoms with van der Waals surface area (Å²) in [4.78, 5) is 10.5. The maximum absolute atomic E-state index is 10.5. The van der Waals surface area contributed by atoms with Crippen LogP contribution in [0, 0.1) is 0 Å². The molecule has 0 rings (SSSR count).